The number of carbonyl (C=O) groups excluding carboxylic acids is 2. The first-order valence-electron chi connectivity index (χ1n) is 11.8. The van der Waals surface area contributed by atoms with Crippen molar-refractivity contribution in [3.05, 3.63) is 108 Å². The van der Waals surface area contributed by atoms with Gasteiger partial charge in [0, 0.05) is 37.0 Å². The van der Waals surface area contributed by atoms with Gasteiger partial charge in [0.1, 0.15) is 17.2 Å². The number of ether oxygens (including phenoxy) is 2. The zero-order chi connectivity index (χ0) is 26.2. The van der Waals surface area contributed by atoms with E-state index < -0.39 is 0 Å². The zero-order valence-electron chi connectivity index (χ0n) is 21.1. The standard InChI is InChI=1S/C30H29N3O4/c1-32(2)29(35)21-37-25-16-13-23(14-17-25)27(34)18-15-24-20-33(19-22-9-5-4-6-10-22)31-30(24)26-11-7-8-12-28(26)36-3/h4-18,20H,19,21H2,1-3H3/b18-15+. The van der Waals surface area contributed by atoms with Gasteiger partial charge in [0.05, 0.1) is 13.7 Å². The predicted octanol–water partition coefficient (Wildman–Crippen LogP) is 4.97. The number of amides is 1. The van der Waals surface area contributed by atoms with E-state index in [1.54, 1.807) is 51.5 Å². The Morgan fingerprint density at radius 1 is 0.946 bits per heavy atom. The molecule has 0 aliphatic rings. The molecular weight excluding hydrogens is 466 g/mol. The minimum atomic E-state index is -0.155. The summed E-state index contributed by atoms with van der Waals surface area (Å²) in [5.74, 6) is 0.938. The molecule has 0 aliphatic heterocycles. The predicted molar refractivity (Wildman–Crippen MR) is 144 cm³/mol. The molecule has 1 heterocycles. The van der Waals surface area contributed by atoms with E-state index in [0.717, 1.165) is 22.4 Å². The number of rotatable bonds is 10. The second-order valence-corrected chi connectivity index (χ2v) is 8.62. The number of likely N-dealkylation sites (N-methyl/N-ethyl adjacent to an activating group) is 1. The van der Waals surface area contributed by atoms with Crippen LogP contribution in [0.15, 0.2) is 91.1 Å². The zero-order valence-corrected chi connectivity index (χ0v) is 21.1. The Morgan fingerprint density at radius 2 is 1.65 bits per heavy atom. The van der Waals surface area contributed by atoms with Gasteiger partial charge in [-0.05, 0) is 54.1 Å². The van der Waals surface area contributed by atoms with Crippen LogP contribution in [-0.2, 0) is 11.3 Å². The van der Waals surface area contributed by atoms with Gasteiger partial charge in [-0.1, -0.05) is 42.5 Å². The van der Waals surface area contributed by atoms with Gasteiger partial charge in [0.2, 0.25) is 0 Å². The monoisotopic (exact) mass is 495 g/mol. The summed E-state index contributed by atoms with van der Waals surface area (Å²) in [4.78, 5) is 26.1. The molecule has 37 heavy (non-hydrogen) atoms. The van der Waals surface area contributed by atoms with E-state index in [2.05, 4.69) is 0 Å². The molecule has 7 nitrogen and oxygen atoms in total. The molecule has 3 aromatic carbocycles. The molecule has 0 atom stereocenters. The number of allylic oxidation sites excluding steroid dienone is 1. The second kappa shape index (κ2) is 11.9. The second-order valence-electron chi connectivity index (χ2n) is 8.62. The molecule has 0 fully saturated rings. The van der Waals surface area contributed by atoms with E-state index in [9.17, 15) is 9.59 Å². The molecule has 4 rings (SSSR count). The van der Waals surface area contributed by atoms with Gasteiger partial charge < -0.3 is 14.4 Å². The number of ketones is 1. The first kappa shape index (κ1) is 25.4. The van der Waals surface area contributed by atoms with Crippen LogP contribution in [0.3, 0.4) is 0 Å². The lowest BCUT2D eigenvalue weighted by Gasteiger charge is -2.11. The van der Waals surface area contributed by atoms with Crippen molar-refractivity contribution in [2.24, 2.45) is 0 Å². The lowest BCUT2D eigenvalue weighted by molar-refractivity contribution is -0.130. The van der Waals surface area contributed by atoms with Crippen molar-refractivity contribution in [2.75, 3.05) is 27.8 Å². The highest BCUT2D eigenvalue weighted by atomic mass is 16.5. The molecule has 0 unspecified atom stereocenters. The molecule has 0 saturated heterocycles. The van der Waals surface area contributed by atoms with E-state index in [-0.39, 0.29) is 18.3 Å². The average molecular weight is 496 g/mol. The van der Waals surface area contributed by atoms with E-state index in [4.69, 9.17) is 14.6 Å². The van der Waals surface area contributed by atoms with E-state index in [1.807, 2.05) is 65.5 Å². The summed E-state index contributed by atoms with van der Waals surface area (Å²) >= 11 is 0. The third kappa shape index (κ3) is 6.52. The van der Waals surface area contributed by atoms with E-state index in [0.29, 0.717) is 23.6 Å². The molecule has 7 heteroatoms. The lowest BCUT2D eigenvalue weighted by atomic mass is 10.1. The maximum Gasteiger partial charge on any atom is 0.259 e. The van der Waals surface area contributed by atoms with Crippen LogP contribution in [0.25, 0.3) is 17.3 Å². The van der Waals surface area contributed by atoms with Gasteiger partial charge in [-0.25, -0.2) is 0 Å². The molecule has 0 aliphatic carbocycles. The molecular formula is C30H29N3O4. The van der Waals surface area contributed by atoms with Gasteiger partial charge in [-0.3, -0.25) is 14.3 Å². The molecule has 0 spiro atoms. The van der Waals surface area contributed by atoms with Crippen molar-refractivity contribution in [1.29, 1.82) is 0 Å². The molecule has 0 saturated carbocycles. The average Bonchev–Trinajstić information content (AvgIpc) is 3.33. The summed E-state index contributed by atoms with van der Waals surface area (Å²) in [6, 6.07) is 24.5. The summed E-state index contributed by atoms with van der Waals surface area (Å²) in [7, 11) is 4.97. The molecule has 1 amide bonds. The summed E-state index contributed by atoms with van der Waals surface area (Å²) in [5.41, 5.74) is 4.01. The topological polar surface area (TPSA) is 73.7 Å². The van der Waals surface area contributed by atoms with Crippen molar-refractivity contribution in [3.63, 3.8) is 0 Å². The van der Waals surface area contributed by atoms with Gasteiger partial charge in [0.15, 0.2) is 12.4 Å². The van der Waals surface area contributed by atoms with Crippen LogP contribution in [-0.4, -0.2) is 54.2 Å². The summed E-state index contributed by atoms with van der Waals surface area (Å²) in [6.07, 6.45) is 5.24. The number of carbonyl (C=O) groups is 2. The van der Waals surface area contributed by atoms with Crippen LogP contribution in [0.5, 0.6) is 11.5 Å². The minimum Gasteiger partial charge on any atom is -0.496 e. The SMILES string of the molecule is COc1ccccc1-c1nn(Cc2ccccc2)cc1/C=C/C(=O)c1ccc(OCC(=O)N(C)C)cc1. The Hall–Kier alpha value is -4.65. The van der Waals surface area contributed by atoms with Crippen molar-refractivity contribution in [2.45, 2.75) is 6.54 Å². The summed E-state index contributed by atoms with van der Waals surface area (Å²) < 4.78 is 12.9. The minimum absolute atomic E-state index is 0.0567. The lowest BCUT2D eigenvalue weighted by Crippen LogP contribution is -2.27. The Labute approximate surface area is 216 Å². The maximum atomic E-state index is 12.9. The van der Waals surface area contributed by atoms with Crippen LogP contribution in [0.4, 0.5) is 0 Å². The van der Waals surface area contributed by atoms with Crippen LogP contribution < -0.4 is 9.47 Å². The third-order valence-electron chi connectivity index (χ3n) is 5.75. The van der Waals surface area contributed by atoms with E-state index >= 15 is 0 Å². The molecule has 0 bridgehead atoms. The fourth-order valence-electron chi connectivity index (χ4n) is 3.71. The van der Waals surface area contributed by atoms with Crippen molar-refractivity contribution in [3.8, 4) is 22.8 Å². The molecule has 1 aromatic heterocycles. The molecule has 0 N–H and O–H groups in total. The Bertz CT molecular complexity index is 1390. The molecule has 4 aromatic rings. The number of hydrogen-bond donors (Lipinski definition) is 0. The van der Waals surface area contributed by atoms with E-state index in [1.165, 1.54) is 11.0 Å². The highest BCUT2D eigenvalue weighted by Gasteiger charge is 2.14. The Kier molecular flexibility index (Phi) is 8.15. The Morgan fingerprint density at radius 3 is 2.35 bits per heavy atom. The number of nitrogens with zero attached hydrogens (tertiary/aromatic N) is 3. The fraction of sp³-hybridized carbons (Fsp3) is 0.167. The quantitative estimate of drug-likeness (QED) is 0.229. The van der Waals surface area contributed by atoms with Crippen molar-refractivity contribution in [1.82, 2.24) is 14.7 Å². The fourth-order valence-corrected chi connectivity index (χ4v) is 3.71. The molecule has 188 valence electrons. The van der Waals surface area contributed by atoms with Gasteiger partial charge in [-0.15, -0.1) is 0 Å². The smallest absolute Gasteiger partial charge is 0.259 e. The van der Waals surface area contributed by atoms with Gasteiger partial charge in [-0.2, -0.15) is 5.10 Å². The number of benzene rings is 3. The van der Waals surface area contributed by atoms with Crippen molar-refractivity contribution < 1.29 is 19.1 Å². The third-order valence-corrected chi connectivity index (χ3v) is 5.75. The highest BCUT2D eigenvalue weighted by molar-refractivity contribution is 6.07. The maximum absolute atomic E-state index is 12.9. The first-order valence-corrected chi connectivity index (χ1v) is 11.8. The number of aromatic nitrogens is 2. The van der Waals surface area contributed by atoms with Gasteiger partial charge >= 0.3 is 0 Å². The van der Waals surface area contributed by atoms with Crippen LogP contribution in [0, 0.1) is 0 Å². The van der Waals surface area contributed by atoms with Crippen molar-refractivity contribution >= 4 is 17.8 Å². The Balaban J connectivity index is 1.56. The van der Waals surface area contributed by atoms with Crippen LogP contribution >= 0.6 is 0 Å². The van der Waals surface area contributed by atoms with Crippen LogP contribution in [0.2, 0.25) is 0 Å². The summed E-state index contributed by atoms with van der Waals surface area (Å²) in [6.45, 7) is 0.543. The number of para-hydroxylation sites is 1. The van der Waals surface area contributed by atoms with Crippen LogP contribution in [0.1, 0.15) is 21.5 Å². The molecule has 0 radical (unpaired) electrons. The normalized spacial score (nSPS) is 10.9. The van der Waals surface area contributed by atoms with Gasteiger partial charge in [0.25, 0.3) is 5.91 Å². The first-order chi connectivity index (χ1) is 17.9. The largest absolute Gasteiger partial charge is 0.496 e. The highest BCUT2D eigenvalue weighted by Crippen LogP contribution is 2.32. The number of hydrogen-bond acceptors (Lipinski definition) is 5. The number of methoxy groups -OCH3 is 1. The summed E-state index contributed by atoms with van der Waals surface area (Å²) in [5, 5.41) is 4.82.